The SMILES string of the molecule is O=C1CCC(c2ccccc2)CC1.O=C1CCCC1. The maximum atomic E-state index is 11.0. The van der Waals surface area contributed by atoms with Crippen LogP contribution >= 0.6 is 0 Å². The van der Waals surface area contributed by atoms with Gasteiger partial charge in [-0.05, 0) is 37.2 Å². The highest BCUT2D eigenvalue weighted by molar-refractivity contribution is 5.80. The largest absolute Gasteiger partial charge is 0.300 e. The monoisotopic (exact) mass is 258 g/mol. The summed E-state index contributed by atoms with van der Waals surface area (Å²) >= 11 is 0. The molecule has 1 aromatic carbocycles. The van der Waals surface area contributed by atoms with Gasteiger partial charge >= 0.3 is 0 Å². The van der Waals surface area contributed by atoms with Gasteiger partial charge in [-0.15, -0.1) is 0 Å². The molecule has 0 amide bonds. The molecule has 2 nitrogen and oxygen atoms in total. The molecule has 19 heavy (non-hydrogen) atoms. The summed E-state index contributed by atoms with van der Waals surface area (Å²) in [5.41, 5.74) is 1.40. The predicted octanol–water partition coefficient (Wildman–Crippen LogP) is 4.04. The zero-order valence-corrected chi connectivity index (χ0v) is 11.4. The van der Waals surface area contributed by atoms with Crippen LogP contribution in [0.25, 0.3) is 0 Å². The molecular weight excluding hydrogens is 236 g/mol. The van der Waals surface area contributed by atoms with Crippen molar-refractivity contribution in [1.29, 1.82) is 0 Å². The first kappa shape index (κ1) is 14.0. The van der Waals surface area contributed by atoms with Crippen molar-refractivity contribution in [2.75, 3.05) is 0 Å². The van der Waals surface area contributed by atoms with E-state index in [1.54, 1.807) is 0 Å². The van der Waals surface area contributed by atoms with Crippen molar-refractivity contribution in [3.63, 3.8) is 0 Å². The van der Waals surface area contributed by atoms with Gasteiger partial charge in [-0.2, -0.15) is 0 Å². The van der Waals surface area contributed by atoms with Crippen LogP contribution in [-0.2, 0) is 9.59 Å². The van der Waals surface area contributed by atoms with Crippen LogP contribution in [0.15, 0.2) is 30.3 Å². The van der Waals surface area contributed by atoms with Crippen LogP contribution in [0.1, 0.15) is 62.8 Å². The lowest BCUT2D eigenvalue weighted by molar-refractivity contribution is -0.120. The van der Waals surface area contributed by atoms with Gasteiger partial charge < -0.3 is 0 Å². The van der Waals surface area contributed by atoms with Crippen LogP contribution < -0.4 is 0 Å². The first-order chi connectivity index (χ1) is 9.25. The molecule has 0 heterocycles. The number of rotatable bonds is 1. The molecule has 102 valence electrons. The number of carbonyl (C=O) groups is 2. The van der Waals surface area contributed by atoms with Crippen molar-refractivity contribution >= 4 is 11.6 Å². The van der Waals surface area contributed by atoms with Crippen molar-refractivity contribution in [1.82, 2.24) is 0 Å². The Balaban J connectivity index is 0.000000186. The third-order valence-electron chi connectivity index (χ3n) is 3.98. The van der Waals surface area contributed by atoms with Gasteiger partial charge in [-0.3, -0.25) is 9.59 Å². The van der Waals surface area contributed by atoms with E-state index in [1.807, 2.05) is 6.07 Å². The van der Waals surface area contributed by atoms with Crippen LogP contribution in [0.3, 0.4) is 0 Å². The zero-order valence-electron chi connectivity index (χ0n) is 11.4. The molecule has 0 spiro atoms. The maximum Gasteiger partial charge on any atom is 0.132 e. The van der Waals surface area contributed by atoms with E-state index in [-0.39, 0.29) is 0 Å². The second kappa shape index (κ2) is 7.22. The maximum absolute atomic E-state index is 11.0. The molecule has 0 saturated heterocycles. The van der Waals surface area contributed by atoms with E-state index >= 15 is 0 Å². The van der Waals surface area contributed by atoms with Gasteiger partial charge in [-0.25, -0.2) is 0 Å². The van der Waals surface area contributed by atoms with Crippen LogP contribution in [0.4, 0.5) is 0 Å². The predicted molar refractivity (Wildman–Crippen MR) is 76.1 cm³/mol. The van der Waals surface area contributed by atoms with Crippen molar-refractivity contribution in [2.24, 2.45) is 0 Å². The van der Waals surface area contributed by atoms with Gasteiger partial charge in [-0.1, -0.05) is 30.3 Å². The van der Waals surface area contributed by atoms with E-state index in [2.05, 4.69) is 24.3 Å². The standard InChI is InChI=1S/C12H14O.C5H8O/c13-12-8-6-11(7-9-12)10-4-2-1-3-5-10;6-5-3-1-2-4-5/h1-5,11H,6-9H2;1-4H2. The molecule has 0 atom stereocenters. The van der Waals surface area contributed by atoms with E-state index in [0.29, 0.717) is 17.5 Å². The van der Waals surface area contributed by atoms with E-state index in [9.17, 15) is 9.59 Å². The van der Waals surface area contributed by atoms with E-state index < -0.39 is 0 Å². The highest BCUT2D eigenvalue weighted by Gasteiger charge is 2.19. The van der Waals surface area contributed by atoms with Crippen molar-refractivity contribution in [3.05, 3.63) is 35.9 Å². The molecule has 2 aliphatic rings. The van der Waals surface area contributed by atoms with Gasteiger partial charge in [0.05, 0.1) is 0 Å². The average Bonchev–Trinajstić information content (AvgIpc) is 2.92. The van der Waals surface area contributed by atoms with Crippen molar-refractivity contribution in [3.8, 4) is 0 Å². The van der Waals surface area contributed by atoms with Crippen LogP contribution in [0, 0.1) is 0 Å². The molecule has 0 unspecified atom stereocenters. The first-order valence-corrected chi connectivity index (χ1v) is 7.34. The second-order valence-corrected chi connectivity index (χ2v) is 5.47. The van der Waals surface area contributed by atoms with Crippen LogP contribution in [0.5, 0.6) is 0 Å². The molecule has 0 aliphatic heterocycles. The number of carbonyl (C=O) groups excluding carboxylic acids is 2. The van der Waals surface area contributed by atoms with Gasteiger partial charge in [0.25, 0.3) is 0 Å². The minimum absolute atomic E-state index is 0.437. The van der Waals surface area contributed by atoms with Crippen molar-refractivity contribution < 1.29 is 9.59 Å². The molecule has 1 aromatic rings. The summed E-state index contributed by atoms with van der Waals surface area (Å²) in [6.07, 6.45) is 7.61. The number of hydrogen-bond donors (Lipinski definition) is 0. The fraction of sp³-hybridized carbons (Fsp3) is 0.529. The quantitative estimate of drug-likeness (QED) is 0.761. The molecule has 2 saturated carbocycles. The highest BCUT2D eigenvalue weighted by atomic mass is 16.1. The summed E-state index contributed by atoms with van der Waals surface area (Å²) in [5, 5.41) is 0. The lowest BCUT2D eigenvalue weighted by Crippen LogP contribution is -2.12. The fourth-order valence-corrected chi connectivity index (χ4v) is 2.77. The molecule has 3 rings (SSSR count). The Hall–Kier alpha value is -1.44. The zero-order chi connectivity index (χ0) is 13.5. The summed E-state index contributed by atoms with van der Waals surface area (Å²) in [5.74, 6) is 1.51. The molecule has 2 aliphatic carbocycles. The normalized spacial score (nSPS) is 20.0. The molecular formula is C17H22O2. The van der Waals surface area contributed by atoms with Gasteiger partial charge in [0.1, 0.15) is 11.6 Å². The van der Waals surface area contributed by atoms with E-state index in [0.717, 1.165) is 51.4 Å². The molecule has 0 N–H and O–H groups in total. The topological polar surface area (TPSA) is 34.1 Å². The van der Waals surface area contributed by atoms with Gasteiger partial charge in [0.2, 0.25) is 0 Å². The van der Waals surface area contributed by atoms with Gasteiger partial charge in [0.15, 0.2) is 0 Å². The fourth-order valence-electron chi connectivity index (χ4n) is 2.77. The lowest BCUT2D eigenvalue weighted by atomic mass is 9.84. The second-order valence-electron chi connectivity index (χ2n) is 5.47. The Labute approximate surface area is 115 Å². The minimum atomic E-state index is 0.437. The number of benzene rings is 1. The van der Waals surface area contributed by atoms with E-state index in [1.165, 1.54) is 5.56 Å². The Morgan fingerprint density at radius 3 is 1.74 bits per heavy atom. The summed E-state index contributed by atoms with van der Waals surface area (Å²) in [6.45, 7) is 0. The summed E-state index contributed by atoms with van der Waals surface area (Å²) in [4.78, 5) is 21.3. The van der Waals surface area contributed by atoms with Crippen LogP contribution in [0.2, 0.25) is 0 Å². The summed E-state index contributed by atoms with van der Waals surface area (Å²) in [7, 11) is 0. The Bertz CT molecular complexity index is 404. The molecule has 0 bridgehead atoms. The number of hydrogen-bond acceptors (Lipinski definition) is 2. The molecule has 0 radical (unpaired) electrons. The third kappa shape index (κ3) is 4.62. The highest BCUT2D eigenvalue weighted by Crippen LogP contribution is 2.30. The lowest BCUT2D eigenvalue weighted by Gasteiger charge is -2.20. The smallest absolute Gasteiger partial charge is 0.132 e. The average molecular weight is 258 g/mol. The Morgan fingerprint density at radius 2 is 1.26 bits per heavy atom. The third-order valence-corrected chi connectivity index (χ3v) is 3.98. The Morgan fingerprint density at radius 1 is 0.737 bits per heavy atom. The molecule has 2 fully saturated rings. The van der Waals surface area contributed by atoms with E-state index in [4.69, 9.17) is 0 Å². The minimum Gasteiger partial charge on any atom is -0.300 e. The van der Waals surface area contributed by atoms with Crippen molar-refractivity contribution in [2.45, 2.75) is 57.3 Å². The summed E-state index contributed by atoms with van der Waals surface area (Å²) in [6, 6.07) is 10.5. The molecule has 2 heteroatoms. The Kier molecular flexibility index (Phi) is 5.31. The number of Topliss-reactive ketones (excluding diaryl/α,β-unsaturated/α-hetero) is 2. The number of ketones is 2. The summed E-state index contributed by atoms with van der Waals surface area (Å²) < 4.78 is 0. The van der Waals surface area contributed by atoms with Crippen LogP contribution in [-0.4, -0.2) is 11.6 Å². The molecule has 0 aromatic heterocycles. The van der Waals surface area contributed by atoms with Gasteiger partial charge in [0, 0.05) is 25.7 Å². The first-order valence-electron chi connectivity index (χ1n) is 7.34.